The molecule has 0 radical (unpaired) electrons. The maximum Gasteiger partial charge on any atom is 0.327 e. The fourth-order valence-electron chi connectivity index (χ4n) is 5.26. The van der Waals surface area contributed by atoms with Gasteiger partial charge in [0.25, 0.3) is 5.56 Å². The van der Waals surface area contributed by atoms with Crippen LogP contribution in [0.15, 0.2) is 29.1 Å². The van der Waals surface area contributed by atoms with Crippen LogP contribution in [0.4, 0.5) is 0 Å². The quantitative estimate of drug-likeness (QED) is 0.436. The van der Waals surface area contributed by atoms with Gasteiger partial charge in [0.05, 0.1) is 18.2 Å². The van der Waals surface area contributed by atoms with Gasteiger partial charge in [-0.2, -0.15) is 0 Å². The number of tetrazole rings is 1. The van der Waals surface area contributed by atoms with Crippen molar-refractivity contribution in [1.82, 2.24) is 30.1 Å². The number of ether oxygens (including phenoxy) is 1. The molecule has 4 rings (SSSR count). The van der Waals surface area contributed by atoms with Gasteiger partial charge in [0.15, 0.2) is 5.82 Å². The average molecular weight is 481 g/mol. The topological polar surface area (TPSA) is 106 Å². The summed E-state index contributed by atoms with van der Waals surface area (Å²) in [6.07, 6.45) is 7.47. The van der Waals surface area contributed by atoms with Crippen molar-refractivity contribution in [3.8, 4) is 0 Å². The van der Waals surface area contributed by atoms with E-state index in [1.807, 2.05) is 31.2 Å². The first-order chi connectivity index (χ1) is 17.0. The van der Waals surface area contributed by atoms with Gasteiger partial charge in [0, 0.05) is 18.2 Å². The maximum absolute atomic E-state index is 13.2. The molecule has 1 aromatic carbocycles. The first kappa shape index (κ1) is 25.0. The van der Waals surface area contributed by atoms with E-state index >= 15 is 0 Å². The summed E-state index contributed by atoms with van der Waals surface area (Å²) >= 11 is 0. The number of pyridine rings is 1. The van der Waals surface area contributed by atoms with E-state index in [-0.39, 0.29) is 24.1 Å². The second-order valence-corrected chi connectivity index (χ2v) is 9.43. The lowest BCUT2D eigenvalue weighted by atomic mass is 9.91. The highest BCUT2D eigenvalue weighted by atomic mass is 16.5. The molecule has 9 heteroatoms. The molecule has 0 aliphatic heterocycles. The number of esters is 1. The number of aryl methyl sites for hydroxylation is 1. The van der Waals surface area contributed by atoms with Crippen LogP contribution in [-0.4, -0.2) is 48.7 Å². The Hall–Kier alpha value is -3.07. The number of aromatic amines is 1. The Kier molecular flexibility index (Phi) is 8.28. The number of carbonyl (C=O) groups excluding carboxylic acids is 1. The first-order valence-corrected chi connectivity index (χ1v) is 12.8. The van der Waals surface area contributed by atoms with E-state index in [2.05, 4.69) is 32.3 Å². The van der Waals surface area contributed by atoms with Crippen molar-refractivity contribution in [1.29, 1.82) is 0 Å². The summed E-state index contributed by atoms with van der Waals surface area (Å²) in [6.45, 7) is 6.72. The molecule has 0 bridgehead atoms. The Morgan fingerprint density at radius 1 is 1.26 bits per heavy atom. The molecule has 188 valence electrons. The average Bonchev–Trinajstić information content (AvgIpc) is 3.30. The summed E-state index contributed by atoms with van der Waals surface area (Å²) in [4.78, 5) is 30.9. The maximum atomic E-state index is 13.2. The van der Waals surface area contributed by atoms with Gasteiger partial charge in [-0.3, -0.25) is 14.5 Å². The highest BCUT2D eigenvalue weighted by Crippen LogP contribution is 2.33. The van der Waals surface area contributed by atoms with Crippen molar-refractivity contribution >= 4 is 16.9 Å². The van der Waals surface area contributed by atoms with Crippen molar-refractivity contribution in [2.75, 3.05) is 6.61 Å². The summed E-state index contributed by atoms with van der Waals surface area (Å²) in [5.74, 6) is 0.292. The van der Waals surface area contributed by atoms with E-state index in [1.54, 1.807) is 11.6 Å². The van der Waals surface area contributed by atoms with Crippen LogP contribution in [0, 0.1) is 6.92 Å². The first-order valence-electron chi connectivity index (χ1n) is 12.8. The molecule has 1 aliphatic carbocycles. The van der Waals surface area contributed by atoms with Crippen molar-refractivity contribution in [2.24, 2.45) is 0 Å². The lowest BCUT2D eigenvalue weighted by Crippen LogP contribution is -2.41. The van der Waals surface area contributed by atoms with E-state index in [4.69, 9.17) is 4.74 Å². The molecule has 1 fully saturated rings. The highest BCUT2D eigenvalue weighted by Gasteiger charge is 2.33. The SMILES string of the molecule is CCC[C@@H](c1nnnn1CC(=O)OCC)N(Cc1cc2cccc(C)c2[nH]c1=O)C1CCCCC1. The lowest BCUT2D eigenvalue weighted by Gasteiger charge is -2.39. The molecule has 1 saturated carbocycles. The number of carbonyl (C=O) groups is 1. The number of rotatable bonds is 10. The third-order valence-electron chi connectivity index (χ3n) is 6.97. The minimum atomic E-state index is -0.359. The zero-order valence-corrected chi connectivity index (χ0v) is 21.0. The second-order valence-electron chi connectivity index (χ2n) is 9.43. The van der Waals surface area contributed by atoms with Crippen LogP contribution in [-0.2, 0) is 22.6 Å². The molecular formula is C26H36N6O3. The Bertz CT molecular complexity index is 1200. The van der Waals surface area contributed by atoms with Gasteiger partial charge in [0.1, 0.15) is 6.54 Å². The molecule has 0 saturated heterocycles. The number of hydrogen-bond donors (Lipinski definition) is 1. The van der Waals surface area contributed by atoms with Gasteiger partial charge in [-0.1, -0.05) is 50.8 Å². The number of nitrogens with one attached hydrogen (secondary N) is 1. The number of fused-ring (bicyclic) bond motifs is 1. The van der Waals surface area contributed by atoms with E-state index in [9.17, 15) is 9.59 Å². The van der Waals surface area contributed by atoms with Gasteiger partial charge >= 0.3 is 5.97 Å². The number of para-hydroxylation sites is 1. The molecule has 35 heavy (non-hydrogen) atoms. The van der Waals surface area contributed by atoms with Gasteiger partial charge in [0.2, 0.25) is 0 Å². The summed E-state index contributed by atoms with van der Waals surface area (Å²) in [5, 5.41) is 13.4. The molecule has 1 N–H and O–H groups in total. The van der Waals surface area contributed by atoms with Crippen molar-refractivity contribution in [3.05, 3.63) is 51.6 Å². The Labute approximate surface area is 205 Å². The summed E-state index contributed by atoms with van der Waals surface area (Å²) in [5.41, 5.74) is 2.61. The smallest absolute Gasteiger partial charge is 0.327 e. The normalized spacial score (nSPS) is 15.5. The van der Waals surface area contributed by atoms with Crippen molar-refractivity contribution in [2.45, 2.75) is 90.9 Å². The predicted molar refractivity (Wildman–Crippen MR) is 134 cm³/mol. The molecule has 2 aromatic heterocycles. The standard InChI is InChI=1S/C26H36N6O3/c1-4-10-22(25-28-29-30-32(25)17-23(33)35-5-2)31(21-13-7-6-8-14-21)16-20-15-19-12-9-11-18(3)24(19)27-26(20)34/h9,11-12,15,21-22H,4-8,10,13-14,16-17H2,1-3H3,(H,27,34)/t22-/m0/s1. The fraction of sp³-hybridized carbons (Fsp3) is 0.577. The lowest BCUT2D eigenvalue weighted by molar-refractivity contribution is -0.144. The summed E-state index contributed by atoms with van der Waals surface area (Å²) in [6, 6.07) is 8.29. The molecule has 0 spiro atoms. The number of nitrogens with zero attached hydrogens (tertiary/aromatic N) is 5. The van der Waals surface area contributed by atoms with Crippen LogP contribution < -0.4 is 5.56 Å². The number of hydrogen-bond acceptors (Lipinski definition) is 7. The van der Waals surface area contributed by atoms with Crippen LogP contribution >= 0.6 is 0 Å². The molecule has 1 atom stereocenters. The molecule has 1 aliphatic rings. The Morgan fingerprint density at radius 2 is 2.06 bits per heavy atom. The van der Waals surface area contributed by atoms with Gasteiger partial charge in [-0.25, -0.2) is 4.68 Å². The molecule has 0 unspecified atom stereocenters. The molecular weight excluding hydrogens is 444 g/mol. The Balaban J connectivity index is 1.72. The molecule has 3 aromatic rings. The minimum Gasteiger partial charge on any atom is -0.465 e. The number of benzene rings is 1. The fourth-order valence-corrected chi connectivity index (χ4v) is 5.26. The van der Waals surface area contributed by atoms with Crippen LogP contribution in [0.5, 0.6) is 0 Å². The van der Waals surface area contributed by atoms with Crippen LogP contribution in [0.3, 0.4) is 0 Å². The van der Waals surface area contributed by atoms with Gasteiger partial charge in [-0.05, 0) is 60.6 Å². The third kappa shape index (κ3) is 5.78. The molecule has 9 nitrogen and oxygen atoms in total. The number of aromatic nitrogens is 5. The third-order valence-corrected chi connectivity index (χ3v) is 6.97. The van der Waals surface area contributed by atoms with Gasteiger partial charge in [-0.15, -0.1) is 5.10 Å². The monoisotopic (exact) mass is 480 g/mol. The van der Waals surface area contributed by atoms with E-state index < -0.39 is 0 Å². The molecule has 0 amide bonds. The zero-order valence-electron chi connectivity index (χ0n) is 21.0. The minimum absolute atomic E-state index is 0.0231. The van der Waals surface area contributed by atoms with Gasteiger partial charge < -0.3 is 9.72 Å². The van der Waals surface area contributed by atoms with E-state index in [1.165, 1.54) is 19.3 Å². The number of H-pyrrole nitrogens is 1. The van der Waals surface area contributed by atoms with Crippen LogP contribution in [0.2, 0.25) is 0 Å². The molecule has 2 heterocycles. The van der Waals surface area contributed by atoms with E-state index in [0.29, 0.717) is 25.0 Å². The van der Waals surface area contributed by atoms with Crippen LogP contribution in [0.1, 0.15) is 81.8 Å². The zero-order chi connectivity index (χ0) is 24.8. The second kappa shape index (κ2) is 11.6. The largest absolute Gasteiger partial charge is 0.465 e. The summed E-state index contributed by atoms with van der Waals surface area (Å²) < 4.78 is 6.69. The predicted octanol–water partition coefficient (Wildman–Crippen LogP) is 4.06. The van der Waals surface area contributed by atoms with Crippen molar-refractivity contribution in [3.63, 3.8) is 0 Å². The van der Waals surface area contributed by atoms with Crippen molar-refractivity contribution < 1.29 is 9.53 Å². The van der Waals surface area contributed by atoms with E-state index in [0.717, 1.165) is 47.7 Å². The summed E-state index contributed by atoms with van der Waals surface area (Å²) in [7, 11) is 0. The Morgan fingerprint density at radius 3 is 2.80 bits per heavy atom. The highest BCUT2D eigenvalue weighted by molar-refractivity contribution is 5.81. The van der Waals surface area contributed by atoms with Crippen LogP contribution in [0.25, 0.3) is 10.9 Å².